The number of amides is 1. The van der Waals surface area contributed by atoms with Crippen molar-refractivity contribution in [2.24, 2.45) is 5.92 Å². The zero-order valence-electron chi connectivity index (χ0n) is 12.2. The molecule has 0 atom stereocenters. The van der Waals surface area contributed by atoms with E-state index in [1.54, 1.807) is 12.1 Å². The molecule has 0 aromatic carbocycles. The first kappa shape index (κ1) is 15.1. The molecule has 0 bridgehead atoms. The molecule has 110 valence electrons. The molecule has 2 heterocycles. The van der Waals surface area contributed by atoms with Crippen molar-refractivity contribution in [1.82, 2.24) is 9.88 Å². The topological polar surface area (TPSA) is 45.2 Å². The number of rotatable bonds is 4. The molecule has 1 saturated heterocycles. The van der Waals surface area contributed by atoms with Gasteiger partial charge in [0, 0.05) is 19.6 Å². The number of likely N-dealkylation sites (tertiary alicyclic amines) is 1. The predicted molar refractivity (Wildman–Crippen MR) is 82.3 cm³/mol. The number of hydrogen-bond donors (Lipinski definition) is 1. The van der Waals surface area contributed by atoms with Gasteiger partial charge in [0.1, 0.15) is 11.5 Å². The molecule has 1 fully saturated rings. The Balaban J connectivity index is 2.10. The lowest BCUT2D eigenvalue weighted by Gasteiger charge is -2.31. The number of carbonyl (C=O) groups is 1. The van der Waals surface area contributed by atoms with E-state index in [9.17, 15) is 4.79 Å². The smallest absolute Gasteiger partial charge is 0.274 e. The Morgan fingerprint density at radius 3 is 2.70 bits per heavy atom. The first-order chi connectivity index (χ1) is 9.65. The van der Waals surface area contributed by atoms with E-state index in [0.717, 1.165) is 38.4 Å². The van der Waals surface area contributed by atoms with Gasteiger partial charge in [0.25, 0.3) is 5.91 Å². The van der Waals surface area contributed by atoms with E-state index in [1.807, 2.05) is 11.8 Å². The highest BCUT2D eigenvalue weighted by Gasteiger charge is 2.25. The van der Waals surface area contributed by atoms with Crippen LogP contribution >= 0.6 is 11.6 Å². The van der Waals surface area contributed by atoms with Gasteiger partial charge in [0.15, 0.2) is 0 Å². The maximum atomic E-state index is 12.5. The Morgan fingerprint density at radius 2 is 2.10 bits per heavy atom. The van der Waals surface area contributed by atoms with Crippen molar-refractivity contribution in [2.75, 3.05) is 25.0 Å². The Morgan fingerprint density at radius 1 is 1.40 bits per heavy atom. The highest BCUT2D eigenvalue weighted by atomic mass is 35.5. The molecule has 0 spiro atoms. The van der Waals surface area contributed by atoms with E-state index >= 15 is 0 Å². The first-order valence-electron chi connectivity index (χ1n) is 7.35. The molecule has 1 amide bonds. The number of piperidine rings is 1. The standard InChI is InChI=1S/C15H22ClN3O/c1-3-11-7-9-19(10-8-11)15(20)14-12(16)5-6-13(18-14)17-4-2/h5-6,11H,3-4,7-10H2,1-2H3,(H,17,18). The summed E-state index contributed by atoms with van der Waals surface area (Å²) in [5.74, 6) is 1.39. The summed E-state index contributed by atoms with van der Waals surface area (Å²) in [7, 11) is 0. The fourth-order valence-electron chi connectivity index (χ4n) is 2.57. The zero-order chi connectivity index (χ0) is 14.5. The van der Waals surface area contributed by atoms with Crippen LogP contribution in [0.2, 0.25) is 5.02 Å². The largest absolute Gasteiger partial charge is 0.370 e. The van der Waals surface area contributed by atoms with Gasteiger partial charge in [-0.25, -0.2) is 4.98 Å². The predicted octanol–water partition coefficient (Wildman–Crippen LogP) is 3.43. The van der Waals surface area contributed by atoms with Crippen LogP contribution in [0.5, 0.6) is 0 Å². The maximum absolute atomic E-state index is 12.5. The molecule has 0 radical (unpaired) electrons. The van der Waals surface area contributed by atoms with Crippen LogP contribution in [0.25, 0.3) is 0 Å². The minimum atomic E-state index is -0.0516. The molecule has 0 aliphatic carbocycles. The minimum Gasteiger partial charge on any atom is -0.370 e. The van der Waals surface area contributed by atoms with Gasteiger partial charge in [-0.2, -0.15) is 0 Å². The lowest BCUT2D eigenvalue weighted by Crippen LogP contribution is -2.38. The molecule has 1 aliphatic heterocycles. The third-order valence-corrected chi connectivity index (χ3v) is 4.19. The van der Waals surface area contributed by atoms with Gasteiger partial charge in [-0.1, -0.05) is 24.9 Å². The molecule has 4 nitrogen and oxygen atoms in total. The average Bonchev–Trinajstić information content (AvgIpc) is 2.49. The molecular formula is C15H22ClN3O. The highest BCUT2D eigenvalue weighted by molar-refractivity contribution is 6.33. The van der Waals surface area contributed by atoms with Crippen LogP contribution in [0.1, 0.15) is 43.6 Å². The van der Waals surface area contributed by atoms with Gasteiger partial charge in [-0.05, 0) is 37.8 Å². The molecule has 5 heteroatoms. The lowest BCUT2D eigenvalue weighted by atomic mass is 9.94. The highest BCUT2D eigenvalue weighted by Crippen LogP contribution is 2.24. The number of halogens is 1. The van der Waals surface area contributed by atoms with E-state index in [-0.39, 0.29) is 5.91 Å². The third kappa shape index (κ3) is 3.42. The Hall–Kier alpha value is -1.29. The van der Waals surface area contributed by atoms with Gasteiger partial charge >= 0.3 is 0 Å². The maximum Gasteiger partial charge on any atom is 0.274 e. The van der Waals surface area contributed by atoms with Crippen LogP contribution in [0.4, 0.5) is 5.82 Å². The van der Waals surface area contributed by atoms with E-state index in [0.29, 0.717) is 16.5 Å². The van der Waals surface area contributed by atoms with Crippen molar-refractivity contribution in [3.05, 3.63) is 22.8 Å². The van der Waals surface area contributed by atoms with Gasteiger partial charge < -0.3 is 10.2 Å². The monoisotopic (exact) mass is 295 g/mol. The van der Waals surface area contributed by atoms with Crippen LogP contribution < -0.4 is 5.32 Å². The summed E-state index contributed by atoms with van der Waals surface area (Å²) in [6.45, 7) is 6.58. The summed E-state index contributed by atoms with van der Waals surface area (Å²) in [5.41, 5.74) is 0.361. The molecule has 1 aromatic rings. The SMILES string of the molecule is CCNc1ccc(Cl)c(C(=O)N2CCC(CC)CC2)n1. The first-order valence-corrected chi connectivity index (χ1v) is 7.73. The summed E-state index contributed by atoms with van der Waals surface area (Å²) < 4.78 is 0. The normalized spacial score (nSPS) is 16.2. The fraction of sp³-hybridized carbons (Fsp3) is 0.600. The number of nitrogens with zero attached hydrogens (tertiary/aromatic N) is 2. The number of hydrogen-bond acceptors (Lipinski definition) is 3. The molecule has 1 aromatic heterocycles. The van der Waals surface area contributed by atoms with E-state index in [2.05, 4.69) is 17.2 Å². The van der Waals surface area contributed by atoms with Crippen molar-refractivity contribution >= 4 is 23.3 Å². The number of aromatic nitrogens is 1. The van der Waals surface area contributed by atoms with Crippen LogP contribution in [-0.2, 0) is 0 Å². The summed E-state index contributed by atoms with van der Waals surface area (Å²) in [6, 6.07) is 3.53. The summed E-state index contributed by atoms with van der Waals surface area (Å²) >= 11 is 6.13. The van der Waals surface area contributed by atoms with Crippen molar-refractivity contribution in [3.8, 4) is 0 Å². The molecule has 1 N–H and O–H groups in total. The van der Waals surface area contributed by atoms with Gasteiger partial charge in [0.05, 0.1) is 5.02 Å². The summed E-state index contributed by atoms with van der Waals surface area (Å²) in [6.07, 6.45) is 3.34. The number of pyridine rings is 1. The van der Waals surface area contributed by atoms with Gasteiger partial charge in [-0.15, -0.1) is 0 Å². The second-order valence-corrected chi connectivity index (χ2v) is 5.61. The number of carbonyl (C=O) groups excluding carboxylic acids is 1. The quantitative estimate of drug-likeness (QED) is 0.925. The molecule has 0 saturated carbocycles. The molecule has 2 rings (SSSR count). The second-order valence-electron chi connectivity index (χ2n) is 5.20. The van der Waals surface area contributed by atoms with Crippen LogP contribution in [-0.4, -0.2) is 35.4 Å². The number of nitrogens with one attached hydrogen (secondary N) is 1. The third-order valence-electron chi connectivity index (χ3n) is 3.89. The van der Waals surface area contributed by atoms with E-state index in [1.165, 1.54) is 6.42 Å². The van der Waals surface area contributed by atoms with Crippen molar-refractivity contribution < 1.29 is 4.79 Å². The van der Waals surface area contributed by atoms with E-state index < -0.39 is 0 Å². The van der Waals surface area contributed by atoms with Gasteiger partial charge in [-0.3, -0.25) is 4.79 Å². The van der Waals surface area contributed by atoms with Crippen LogP contribution in [0.3, 0.4) is 0 Å². The lowest BCUT2D eigenvalue weighted by molar-refractivity contribution is 0.0683. The van der Waals surface area contributed by atoms with Crippen molar-refractivity contribution in [3.63, 3.8) is 0 Å². The zero-order valence-corrected chi connectivity index (χ0v) is 12.9. The summed E-state index contributed by atoms with van der Waals surface area (Å²) in [5, 5.41) is 3.53. The fourth-order valence-corrected chi connectivity index (χ4v) is 2.75. The molecule has 20 heavy (non-hydrogen) atoms. The Labute approximate surface area is 125 Å². The molecule has 1 aliphatic rings. The molecule has 0 unspecified atom stereocenters. The van der Waals surface area contributed by atoms with Crippen molar-refractivity contribution in [2.45, 2.75) is 33.1 Å². The van der Waals surface area contributed by atoms with Gasteiger partial charge in [0.2, 0.25) is 0 Å². The van der Waals surface area contributed by atoms with Crippen molar-refractivity contribution in [1.29, 1.82) is 0 Å². The average molecular weight is 296 g/mol. The Bertz CT molecular complexity index is 470. The summed E-state index contributed by atoms with van der Waals surface area (Å²) in [4.78, 5) is 18.7. The van der Waals surface area contributed by atoms with Crippen LogP contribution in [0, 0.1) is 5.92 Å². The minimum absolute atomic E-state index is 0.0516. The molecular weight excluding hydrogens is 274 g/mol. The second kappa shape index (κ2) is 6.93. The van der Waals surface area contributed by atoms with E-state index in [4.69, 9.17) is 11.6 Å². The number of anilines is 1. The van der Waals surface area contributed by atoms with Crippen LogP contribution in [0.15, 0.2) is 12.1 Å². The Kier molecular flexibility index (Phi) is 5.24.